The van der Waals surface area contributed by atoms with Gasteiger partial charge in [0.05, 0.1) is 0 Å². The van der Waals surface area contributed by atoms with Crippen LogP contribution in [-0.4, -0.2) is 37.2 Å². The zero-order chi connectivity index (χ0) is 47.2. The monoisotopic (exact) mass is 919 g/mol. The molecule has 0 rings (SSSR count). The maximum Gasteiger partial charge on any atom is 0.306 e. The van der Waals surface area contributed by atoms with E-state index in [1.54, 1.807) is 0 Å². The molecule has 6 nitrogen and oxygen atoms in total. The standard InChI is InChI=1S/C59H114O6/c1-4-7-10-13-16-19-22-25-27-28-29-30-31-32-35-37-40-43-46-49-52-58(61)64-55-56(54-63-57(60)51-48-45-42-39-36-33-24-21-18-15-12-9-6-3)65-59(62)53-50-47-44-41-38-34-26-23-20-17-14-11-8-5-2/h56H,4-55H2,1-3H3. The highest BCUT2D eigenvalue weighted by atomic mass is 16.6. The molecule has 1 atom stereocenters. The summed E-state index contributed by atoms with van der Waals surface area (Å²) in [4.78, 5) is 38.1. The molecule has 0 N–H and O–H groups in total. The van der Waals surface area contributed by atoms with Crippen molar-refractivity contribution in [2.75, 3.05) is 13.2 Å². The molecule has 0 amide bonds. The predicted octanol–water partition coefficient (Wildman–Crippen LogP) is 19.5. The largest absolute Gasteiger partial charge is 0.462 e. The van der Waals surface area contributed by atoms with E-state index in [0.717, 1.165) is 57.8 Å². The summed E-state index contributed by atoms with van der Waals surface area (Å²) in [6.07, 6.45) is 60.9. The lowest BCUT2D eigenvalue weighted by Gasteiger charge is -2.18. The molecule has 386 valence electrons. The molecule has 0 aliphatic heterocycles. The third-order valence-corrected chi connectivity index (χ3v) is 13.6. The van der Waals surface area contributed by atoms with E-state index in [1.807, 2.05) is 0 Å². The number of hydrogen-bond acceptors (Lipinski definition) is 6. The van der Waals surface area contributed by atoms with Crippen LogP contribution in [0, 0.1) is 0 Å². The summed E-state index contributed by atoms with van der Waals surface area (Å²) in [5.74, 6) is -0.831. The lowest BCUT2D eigenvalue weighted by Crippen LogP contribution is -2.30. The first kappa shape index (κ1) is 63.4. The number of hydrogen-bond donors (Lipinski definition) is 0. The van der Waals surface area contributed by atoms with E-state index < -0.39 is 6.10 Å². The van der Waals surface area contributed by atoms with Crippen LogP contribution < -0.4 is 0 Å². The molecule has 0 fully saturated rings. The first-order valence-corrected chi connectivity index (χ1v) is 29.5. The molecule has 1 unspecified atom stereocenters. The zero-order valence-electron chi connectivity index (χ0n) is 44.3. The minimum atomic E-state index is -0.761. The zero-order valence-corrected chi connectivity index (χ0v) is 44.3. The number of ether oxygens (including phenoxy) is 3. The first-order valence-electron chi connectivity index (χ1n) is 29.5. The van der Waals surface area contributed by atoms with E-state index >= 15 is 0 Å². The van der Waals surface area contributed by atoms with Crippen molar-refractivity contribution in [3.63, 3.8) is 0 Å². The number of esters is 3. The van der Waals surface area contributed by atoms with Gasteiger partial charge in [0.1, 0.15) is 13.2 Å². The predicted molar refractivity (Wildman–Crippen MR) is 280 cm³/mol. The summed E-state index contributed by atoms with van der Waals surface area (Å²) in [6.45, 7) is 6.71. The topological polar surface area (TPSA) is 78.9 Å². The lowest BCUT2D eigenvalue weighted by molar-refractivity contribution is -0.167. The maximum atomic E-state index is 12.8. The third-order valence-electron chi connectivity index (χ3n) is 13.6. The highest BCUT2D eigenvalue weighted by Crippen LogP contribution is 2.18. The van der Waals surface area contributed by atoms with Gasteiger partial charge in [0.25, 0.3) is 0 Å². The number of rotatable bonds is 55. The Bertz CT molecular complexity index is 967. The fourth-order valence-electron chi connectivity index (χ4n) is 9.15. The summed E-state index contributed by atoms with van der Waals surface area (Å²) in [6, 6.07) is 0. The molecule has 0 aromatic carbocycles. The lowest BCUT2D eigenvalue weighted by atomic mass is 10.0. The Morgan fingerprint density at radius 2 is 0.415 bits per heavy atom. The van der Waals surface area contributed by atoms with Crippen LogP contribution in [0.4, 0.5) is 0 Å². The number of carbonyl (C=O) groups is 3. The summed E-state index contributed by atoms with van der Waals surface area (Å²) in [7, 11) is 0. The van der Waals surface area contributed by atoms with Gasteiger partial charge in [-0.25, -0.2) is 0 Å². The minimum absolute atomic E-state index is 0.0610. The van der Waals surface area contributed by atoms with Crippen LogP contribution in [-0.2, 0) is 28.6 Å². The van der Waals surface area contributed by atoms with E-state index in [-0.39, 0.29) is 31.1 Å². The molecule has 0 radical (unpaired) electrons. The highest BCUT2D eigenvalue weighted by Gasteiger charge is 2.19. The second kappa shape index (κ2) is 55.0. The number of carbonyl (C=O) groups excluding carboxylic acids is 3. The van der Waals surface area contributed by atoms with Crippen molar-refractivity contribution in [3.8, 4) is 0 Å². The highest BCUT2D eigenvalue weighted by molar-refractivity contribution is 5.71. The van der Waals surface area contributed by atoms with Gasteiger partial charge in [-0.05, 0) is 19.3 Å². The van der Waals surface area contributed by atoms with E-state index in [4.69, 9.17) is 14.2 Å². The van der Waals surface area contributed by atoms with Crippen LogP contribution in [0.25, 0.3) is 0 Å². The quantitative estimate of drug-likeness (QED) is 0.0344. The molecule has 0 heterocycles. The maximum absolute atomic E-state index is 12.8. The molecule has 6 heteroatoms. The Morgan fingerprint density at radius 3 is 0.615 bits per heavy atom. The van der Waals surface area contributed by atoms with Crippen molar-refractivity contribution in [3.05, 3.63) is 0 Å². The van der Waals surface area contributed by atoms with Crippen LogP contribution in [0.1, 0.15) is 342 Å². The molecule has 0 aliphatic rings. The Balaban J connectivity index is 4.24. The van der Waals surface area contributed by atoms with Crippen LogP contribution in [0.15, 0.2) is 0 Å². The summed E-state index contributed by atoms with van der Waals surface area (Å²) in [5.41, 5.74) is 0. The Kier molecular flexibility index (Phi) is 53.7. The molecule has 65 heavy (non-hydrogen) atoms. The second-order valence-corrected chi connectivity index (χ2v) is 20.3. The van der Waals surface area contributed by atoms with Gasteiger partial charge in [-0.2, -0.15) is 0 Å². The molecule has 0 saturated carbocycles. The fraction of sp³-hybridized carbons (Fsp3) is 0.949. The van der Waals surface area contributed by atoms with Gasteiger partial charge in [0.15, 0.2) is 6.10 Å². The summed E-state index contributed by atoms with van der Waals surface area (Å²) in [5, 5.41) is 0. The van der Waals surface area contributed by atoms with Crippen molar-refractivity contribution in [1.82, 2.24) is 0 Å². The minimum Gasteiger partial charge on any atom is -0.462 e. The van der Waals surface area contributed by atoms with Gasteiger partial charge in [-0.1, -0.05) is 303 Å². The van der Waals surface area contributed by atoms with E-state index in [2.05, 4.69) is 20.8 Å². The van der Waals surface area contributed by atoms with Crippen LogP contribution in [0.5, 0.6) is 0 Å². The molecule has 0 aromatic rings. The van der Waals surface area contributed by atoms with E-state index in [9.17, 15) is 14.4 Å². The van der Waals surface area contributed by atoms with Gasteiger partial charge in [0, 0.05) is 19.3 Å². The van der Waals surface area contributed by atoms with Crippen LogP contribution in [0.3, 0.4) is 0 Å². The normalized spacial score (nSPS) is 11.9. The Hall–Kier alpha value is -1.59. The van der Waals surface area contributed by atoms with Crippen molar-refractivity contribution in [1.29, 1.82) is 0 Å². The summed E-state index contributed by atoms with van der Waals surface area (Å²) < 4.78 is 16.9. The third kappa shape index (κ3) is 53.2. The summed E-state index contributed by atoms with van der Waals surface area (Å²) >= 11 is 0. The van der Waals surface area contributed by atoms with Gasteiger partial charge in [-0.15, -0.1) is 0 Å². The molecule has 0 aromatic heterocycles. The van der Waals surface area contributed by atoms with Gasteiger partial charge >= 0.3 is 17.9 Å². The van der Waals surface area contributed by atoms with E-state index in [1.165, 1.54) is 244 Å². The first-order chi connectivity index (χ1) is 32.0. The Morgan fingerprint density at radius 1 is 0.246 bits per heavy atom. The Labute approximate surface area is 406 Å². The average molecular weight is 920 g/mol. The second-order valence-electron chi connectivity index (χ2n) is 20.3. The van der Waals surface area contributed by atoms with Crippen molar-refractivity contribution in [2.24, 2.45) is 0 Å². The molecule has 0 aliphatic carbocycles. The van der Waals surface area contributed by atoms with Crippen LogP contribution in [0.2, 0.25) is 0 Å². The SMILES string of the molecule is CCCCCCCCCCCCCCCCCCCCCCC(=O)OCC(COC(=O)CCCCCCCCCCCCCCC)OC(=O)CCCCCCCCCCCCCCCC. The molecule has 0 bridgehead atoms. The smallest absolute Gasteiger partial charge is 0.306 e. The molecular formula is C59H114O6. The van der Waals surface area contributed by atoms with Gasteiger partial charge in [0.2, 0.25) is 0 Å². The molecule has 0 saturated heterocycles. The van der Waals surface area contributed by atoms with Crippen molar-refractivity contribution >= 4 is 17.9 Å². The molecule has 0 spiro atoms. The van der Waals surface area contributed by atoms with Crippen molar-refractivity contribution in [2.45, 2.75) is 348 Å². The van der Waals surface area contributed by atoms with Gasteiger partial charge < -0.3 is 14.2 Å². The van der Waals surface area contributed by atoms with E-state index in [0.29, 0.717) is 19.3 Å². The fourth-order valence-corrected chi connectivity index (χ4v) is 9.15. The average Bonchev–Trinajstić information content (AvgIpc) is 3.30. The van der Waals surface area contributed by atoms with Crippen molar-refractivity contribution < 1.29 is 28.6 Å². The number of unbranched alkanes of at least 4 members (excludes halogenated alkanes) is 44. The van der Waals surface area contributed by atoms with Gasteiger partial charge in [-0.3, -0.25) is 14.4 Å². The van der Waals surface area contributed by atoms with Crippen LogP contribution >= 0.6 is 0 Å². The molecular weight excluding hydrogens is 805 g/mol.